The SMILES string of the molecule is CCC1(c2cccc(CNC(=O)c3ccc4c(c3)OCc3cnccc3-4)c2)NC(C(=O)O)=CS1. The fourth-order valence-corrected chi connectivity index (χ4v) is 5.32. The van der Waals surface area contributed by atoms with E-state index in [0.29, 0.717) is 30.9 Å². The van der Waals surface area contributed by atoms with Crippen LogP contribution in [0.15, 0.2) is 72.0 Å². The van der Waals surface area contributed by atoms with E-state index >= 15 is 0 Å². The Bertz CT molecular complexity index is 1320. The fraction of sp³-hybridized carbons (Fsp3) is 0.192. The Morgan fingerprint density at radius 3 is 2.88 bits per heavy atom. The molecule has 2 aromatic carbocycles. The first-order valence-electron chi connectivity index (χ1n) is 11.0. The number of ether oxygens (including phenoxy) is 1. The summed E-state index contributed by atoms with van der Waals surface area (Å²) in [5.41, 5.74) is 5.67. The van der Waals surface area contributed by atoms with Crippen molar-refractivity contribution in [2.75, 3.05) is 0 Å². The van der Waals surface area contributed by atoms with Gasteiger partial charge >= 0.3 is 5.97 Å². The number of amides is 1. The summed E-state index contributed by atoms with van der Waals surface area (Å²) in [6, 6.07) is 15.3. The van der Waals surface area contributed by atoms with Gasteiger partial charge in [-0.2, -0.15) is 0 Å². The number of hydrogen-bond acceptors (Lipinski definition) is 6. The van der Waals surface area contributed by atoms with Gasteiger partial charge in [0.2, 0.25) is 0 Å². The van der Waals surface area contributed by atoms with Gasteiger partial charge in [0.25, 0.3) is 5.91 Å². The molecular weight excluding hydrogens is 450 g/mol. The molecule has 172 valence electrons. The van der Waals surface area contributed by atoms with E-state index in [1.54, 1.807) is 29.9 Å². The predicted octanol–water partition coefficient (Wildman–Crippen LogP) is 4.40. The number of nitrogens with one attached hydrogen (secondary N) is 2. The number of nitrogens with zero attached hydrogens (tertiary/aromatic N) is 1. The number of carbonyl (C=O) groups excluding carboxylic acids is 1. The number of pyridine rings is 1. The largest absolute Gasteiger partial charge is 0.488 e. The average Bonchev–Trinajstić information content (AvgIpc) is 3.33. The third kappa shape index (κ3) is 4.01. The van der Waals surface area contributed by atoms with Gasteiger partial charge in [0.05, 0.1) is 0 Å². The second-order valence-corrected chi connectivity index (χ2v) is 9.34. The van der Waals surface area contributed by atoms with Crippen molar-refractivity contribution < 1.29 is 19.4 Å². The normalized spacial score (nSPS) is 18.1. The van der Waals surface area contributed by atoms with Crippen molar-refractivity contribution in [2.45, 2.75) is 31.4 Å². The van der Waals surface area contributed by atoms with Crippen molar-refractivity contribution in [3.63, 3.8) is 0 Å². The molecule has 3 aromatic rings. The summed E-state index contributed by atoms with van der Waals surface area (Å²) in [7, 11) is 0. The highest BCUT2D eigenvalue weighted by molar-refractivity contribution is 8.03. The zero-order valence-corrected chi connectivity index (χ0v) is 19.3. The van der Waals surface area contributed by atoms with E-state index in [-0.39, 0.29) is 11.6 Å². The number of hydrogen-bond donors (Lipinski definition) is 3. The second-order valence-electron chi connectivity index (χ2n) is 8.18. The topological polar surface area (TPSA) is 101 Å². The van der Waals surface area contributed by atoms with Gasteiger partial charge in [-0.15, -0.1) is 0 Å². The van der Waals surface area contributed by atoms with Gasteiger partial charge in [0.1, 0.15) is 22.9 Å². The minimum absolute atomic E-state index is 0.189. The van der Waals surface area contributed by atoms with Crippen LogP contribution in [0.25, 0.3) is 11.1 Å². The summed E-state index contributed by atoms with van der Waals surface area (Å²) in [5, 5.41) is 17.1. The monoisotopic (exact) mass is 473 g/mol. The van der Waals surface area contributed by atoms with Crippen LogP contribution in [0.1, 0.15) is 40.4 Å². The van der Waals surface area contributed by atoms with Gasteiger partial charge in [-0.25, -0.2) is 4.79 Å². The number of aliphatic carboxylic acids is 1. The molecule has 1 aromatic heterocycles. The van der Waals surface area contributed by atoms with Gasteiger partial charge in [0, 0.05) is 41.0 Å². The van der Waals surface area contributed by atoms with Crippen LogP contribution in [0.4, 0.5) is 0 Å². The molecule has 0 bridgehead atoms. The highest BCUT2D eigenvalue weighted by Crippen LogP contribution is 2.43. The van der Waals surface area contributed by atoms with E-state index in [4.69, 9.17) is 4.74 Å². The van der Waals surface area contributed by atoms with Crippen molar-refractivity contribution in [2.24, 2.45) is 0 Å². The van der Waals surface area contributed by atoms with Gasteiger partial charge < -0.3 is 20.5 Å². The summed E-state index contributed by atoms with van der Waals surface area (Å²) in [4.78, 5) is 27.8. The highest BCUT2D eigenvalue weighted by Gasteiger charge is 2.37. The number of aromatic nitrogens is 1. The number of rotatable bonds is 6. The number of benzene rings is 2. The third-order valence-electron chi connectivity index (χ3n) is 6.11. The Kier molecular flexibility index (Phi) is 5.75. The summed E-state index contributed by atoms with van der Waals surface area (Å²) in [5.74, 6) is -0.476. The number of carbonyl (C=O) groups is 2. The molecule has 1 amide bonds. The molecule has 0 aliphatic carbocycles. The lowest BCUT2D eigenvalue weighted by Crippen LogP contribution is -2.36. The molecule has 0 radical (unpaired) electrons. The van der Waals surface area contributed by atoms with Gasteiger partial charge in [0.15, 0.2) is 0 Å². The van der Waals surface area contributed by atoms with Gasteiger partial charge in [-0.1, -0.05) is 43.0 Å². The molecule has 34 heavy (non-hydrogen) atoms. The van der Waals surface area contributed by atoms with E-state index in [1.807, 2.05) is 43.3 Å². The number of carboxylic acid groups (broad SMARTS) is 1. The molecule has 8 heteroatoms. The molecule has 0 spiro atoms. The number of carboxylic acids is 1. The Hall–Kier alpha value is -3.78. The zero-order valence-electron chi connectivity index (χ0n) is 18.5. The minimum atomic E-state index is -0.972. The first kappa shape index (κ1) is 22.0. The Morgan fingerprint density at radius 1 is 1.21 bits per heavy atom. The van der Waals surface area contributed by atoms with Crippen LogP contribution >= 0.6 is 11.8 Å². The molecule has 0 saturated heterocycles. The lowest BCUT2D eigenvalue weighted by atomic mass is 9.97. The first-order chi connectivity index (χ1) is 16.5. The Balaban J connectivity index is 1.29. The van der Waals surface area contributed by atoms with Crippen molar-refractivity contribution in [1.82, 2.24) is 15.6 Å². The maximum atomic E-state index is 12.9. The van der Waals surface area contributed by atoms with Crippen molar-refractivity contribution in [1.29, 1.82) is 0 Å². The van der Waals surface area contributed by atoms with E-state index in [9.17, 15) is 14.7 Å². The van der Waals surface area contributed by atoms with Gasteiger partial charge in [-0.3, -0.25) is 9.78 Å². The molecule has 7 nitrogen and oxygen atoms in total. The molecule has 2 aliphatic heterocycles. The zero-order chi connectivity index (χ0) is 23.7. The molecule has 5 rings (SSSR count). The Morgan fingerprint density at radius 2 is 2.09 bits per heavy atom. The Labute approximate surface area is 201 Å². The summed E-state index contributed by atoms with van der Waals surface area (Å²) < 4.78 is 5.85. The standard InChI is InChI=1S/C26H23N3O4S/c1-2-26(29-22(15-34-26)25(31)32)19-5-3-4-16(10-19)12-28-24(30)17-6-7-21-20-8-9-27-13-18(20)14-33-23(21)11-17/h3-11,13,15,29H,2,12,14H2,1H3,(H,28,30)(H,31,32). The lowest BCUT2D eigenvalue weighted by Gasteiger charge is -2.29. The van der Waals surface area contributed by atoms with Crippen LogP contribution in [0.5, 0.6) is 5.75 Å². The molecule has 2 aliphatic rings. The van der Waals surface area contributed by atoms with Crippen LogP contribution < -0.4 is 15.4 Å². The number of fused-ring (bicyclic) bond motifs is 3. The smallest absolute Gasteiger partial charge is 0.352 e. The molecular formula is C26H23N3O4S. The molecule has 3 heterocycles. The van der Waals surface area contributed by atoms with E-state index in [1.165, 1.54) is 11.8 Å². The summed E-state index contributed by atoms with van der Waals surface area (Å²) >= 11 is 1.46. The molecule has 0 saturated carbocycles. The van der Waals surface area contributed by atoms with Crippen LogP contribution in [-0.4, -0.2) is 22.0 Å². The van der Waals surface area contributed by atoms with Crippen LogP contribution in [0.3, 0.4) is 0 Å². The fourth-order valence-electron chi connectivity index (χ4n) is 4.24. The number of thioether (sulfide) groups is 1. The van der Waals surface area contributed by atoms with Crippen molar-refractivity contribution >= 4 is 23.6 Å². The maximum absolute atomic E-state index is 12.9. The molecule has 1 unspecified atom stereocenters. The summed E-state index contributed by atoms with van der Waals surface area (Å²) in [6.07, 6.45) is 4.26. The third-order valence-corrected chi connectivity index (χ3v) is 7.49. The summed E-state index contributed by atoms with van der Waals surface area (Å²) in [6.45, 7) is 2.79. The van der Waals surface area contributed by atoms with Crippen LogP contribution in [0.2, 0.25) is 0 Å². The van der Waals surface area contributed by atoms with E-state index in [0.717, 1.165) is 27.8 Å². The van der Waals surface area contributed by atoms with Crippen LogP contribution in [0, 0.1) is 0 Å². The highest BCUT2D eigenvalue weighted by atomic mass is 32.2. The molecule has 3 N–H and O–H groups in total. The average molecular weight is 474 g/mol. The minimum Gasteiger partial charge on any atom is -0.488 e. The van der Waals surface area contributed by atoms with E-state index < -0.39 is 10.8 Å². The second kappa shape index (κ2) is 8.87. The maximum Gasteiger partial charge on any atom is 0.352 e. The van der Waals surface area contributed by atoms with Crippen LogP contribution in [-0.2, 0) is 22.8 Å². The van der Waals surface area contributed by atoms with Gasteiger partial charge in [-0.05, 0) is 47.4 Å². The van der Waals surface area contributed by atoms with Crippen molar-refractivity contribution in [3.05, 3.63) is 94.3 Å². The molecule has 0 fully saturated rings. The quantitative estimate of drug-likeness (QED) is 0.488. The van der Waals surface area contributed by atoms with Crippen molar-refractivity contribution in [3.8, 4) is 16.9 Å². The first-order valence-corrected chi connectivity index (χ1v) is 11.8. The lowest BCUT2D eigenvalue weighted by molar-refractivity contribution is -0.133. The molecule has 1 atom stereocenters. The predicted molar refractivity (Wildman–Crippen MR) is 130 cm³/mol. The van der Waals surface area contributed by atoms with E-state index in [2.05, 4.69) is 15.6 Å².